The first-order valence-electron chi connectivity index (χ1n) is 13.8. The fraction of sp³-hybridized carbons (Fsp3) is 0.433. The smallest absolute Gasteiger partial charge is 0.254 e. The van der Waals surface area contributed by atoms with Gasteiger partial charge in [0.25, 0.3) is 5.91 Å². The summed E-state index contributed by atoms with van der Waals surface area (Å²) in [5.74, 6) is 0.856. The molecule has 218 valence electrons. The third-order valence-corrected chi connectivity index (χ3v) is 8.32. The number of aliphatic hydroxyl groups is 1. The summed E-state index contributed by atoms with van der Waals surface area (Å²) in [6.45, 7) is 4.57. The molecule has 0 unspecified atom stereocenters. The van der Waals surface area contributed by atoms with Crippen molar-refractivity contribution in [3.05, 3.63) is 69.7 Å². The molecular weight excluding hydrogens is 544 g/mol. The van der Waals surface area contributed by atoms with Gasteiger partial charge in [0, 0.05) is 43.2 Å². The molecule has 2 aromatic carbocycles. The number of amides is 2. The molecule has 11 heteroatoms. The van der Waals surface area contributed by atoms with Gasteiger partial charge < -0.3 is 29.5 Å². The molecule has 0 aliphatic carbocycles. The highest BCUT2D eigenvalue weighted by Gasteiger charge is 2.32. The average Bonchev–Trinajstić information content (AvgIpc) is 3.38. The number of likely N-dealkylation sites (tertiary alicyclic amines) is 1. The van der Waals surface area contributed by atoms with Gasteiger partial charge in [0.05, 0.1) is 43.6 Å². The first-order chi connectivity index (χ1) is 19.9. The van der Waals surface area contributed by atoms with Crippen LogP contribution in [0.3, 0.4) is 0 Å². The van der Waals surface area contributed by atoms with Gasteiger partial charge in [0.2, 0.25) is 5.91 Å². The Morgan fingerprint density at radius 1 is 1.22 bits per heavy atom. The summed E-state index contributed by atoms with van der Waals surface area (Å²) in [6.07, 6.45) is 0.890. The monoisotopic (exact) mass is 580 g/mol. The Morgan fingerprint density at radius 2 is 2.10 bits per heavy atom. The number of hydrogen-bond donors (Lipinski definition) is 2. The number of benzene rings is 2. The van der Waals surface area contributed by atoms with E-state index in [0.29, 0.717) is 42.4 Å². The van der Waals surface area contributed by atoms with E-state index in [1.807, 2.05) is 36.7 Å². The van der Waals surface area contributed by atoms with Crippen LogP contribution in [0, 0.1) is 6.92 Å². The minimum absolute atomic E-state index is 0.0940. The summed E-state index contributed by atoms with van der Waals surface area (Å²) in [4.78, 5) is 36.4. The highest BCUT2D eigenvalue weighted by molar-refractivity contribution is 7.09. The summed E-state index contributed by atoms with van der Waals surface area (Å²) in [5, 5.41) is 12.6. The van der Waals surface area contributed by atoms with E-state index in [4.69, 9.17) is 14.2 Å². The Kier molecular flexibility index (Phi) is 9.50. The number of nitrogens with one attached hydrogen (secondary N) is 1. The number of fused-ring (bicyclic) bond motifs is 5. The molecule has 1 fully saturated rings. The number of nitrogens with zero attached hydrogens (tertiary/aromatic N) is 3. The number of aliphatic hydroxyl groups excluding tert-OH is 1. The largest absolute Gasteiger partial charge is 0.493 e. The summed E-state index contributed by atoms with van der Waals surface area (Å²) < 4.78 is 18.0. The minimum atomic E-state index is -0.333. The topological polar surface area (TPSA) is 113 Å². The molecule has 3 heterocycles. The molecule has 41 heavy (non-hydrogen) atoms. The van der Waals surface area contributed by atoms with Gasteiger partial charge in [0.15, 0.2) is 11.5 Å². The number of ether oxygens (including phenoxy) is 3. The zero-order valence-electron chi connectivity index (χ0n) is 23.4. The Morgan fingerprint density at radius 3 is 2.88 bits per heavy atom. The van der Waals surface area contributed by atoms with E-state index in [2.05, 4.69) is 15.2 Å². The molecule has 2 amide bonds. The molecule has 2 atom stereocenters. The number of carbonyl (C=O) groups is 2. The van der Waals surface area contributed by atoms with E-state index in [-0.39, 0.29) is 43.7 Å². The molecule has 4 bridgehead atoms. The molecule has 3 aromatic rings. The second-order valence-electron chi connectivity index (χ2n) is 10.3. The summed E-state index contributed by atoms with van der Waals surface area (Å²) in [5.41, 5.74) is 4.18. The van der Waals surface area contributed by atoms with Gasteiger partial charge in [-0.2, -0.15) is 0 Å². The molecular formula is C30H36N4O6S. The molecule has 0 radical (unpaired) electrons. The number of carbonyl (C=O) groups excluding carboxylic acids is 2. The van der Waals surface area contributed by atoms with E-state index in [1.54, 1.807) is 29.5 Å². The zero-order chi connectivity index (χ0) is 28.8. The van der Waals surface area contributed by atoms with Gasteiger partial charge in [-0.15, -0.1) is 11.3 Å². The van der Waals surface area contributed by atoms with Crippen LogP contribution in [0.15, 0.2) is 48.0 Å². The predicted molar refractivity (Wildman–Crippen MR) is 154 cm³/mol. The highest BCUT2D eigenvalue weighted by Crippen LogP contribution is 2.33. The predicted octanol–water partition coefficient (Wildman–Crippen LogP) is 3.37. The van der Waals surface area contributed by atoms with Gasteiger partial charge in [-0.05, 0) is 55.7 Å². The third kappa shape index (κ3) is 7.23. The van der Waals surface area contributed by atoms with Crippen LogP contribution in [-0.4, -0.2) is 83.7 Å². The van der Waals surface area contributed by atoms with Gasteiger partial charge in [-0.1, -0.05) is 12.1 Å². The normalized spacial score (nSPS) is 20.2. The maximum atomic E-state index is 13.6. The molecule has 5 rings (SSSR count). The lowest BCUT2D eigenvalue weighted by molar-refractivity contribution is -0.125. The van der Waals surface area contributed by atoms with Crippen LogP contribution in [-0.2, 0) is 22.7 Å². The van der Waals surface area contributed by atoms with E-state index < -0.39 is 0 Å². The van der Waals surface area contributed by atoms with Crippen molar-refractivity contribution in [3.8, 4) is 17.2 Å². The maximum absolute atomic E-state index is 13.6. The van der Waals surface area contributed by atoms with Gasteiger partial charge >= 0.3 is 0 Å². The van der Waals surface area contributed by atoms with Crippen molar-refractivity contribution >= 4 is 23.2 Å². The maximum Gasteiger partial charge on any atom is 0.254 e. The number of aromatic nitrogens is 1. The molecule has 2 N–H and O–H groups in total. The average molecular weight is 581 g/mol. The van der Waals surface area contributed by atoms with Gasteiger partial charge in [0.1, 0.15) is 5.75 Å². The molecule has 2 aliphatic rings. The van der Waals surface area contributed by atoms with Crippen molar-refractivity contribution in [1.29, 1.82) is 0 Å². The number of piperidine rings is 1. The second-order valence-corrected chi connectivity index (χ2v) is 11.3. The van der Waals surface area contributed by atoms with Crippen LogP contribution in [0.1, 0.15) is 39.3 Å². The van der Waals surface area contributed by atoms with E-state index >= 15 is 0 Å². The number of hydrogen-bond acceptors (Lipinski definition) is 9. The van der Waals surface area contributed by atoms with Crippen LogP contribution in [0.4, 0.5) is 0 Å². The van der Waals surface area contributed by atoms with Crippen LogP contribution in [0.25, 0.3) is 0 Å². The molecule has 1 aromatic heterocycles. The highest BCUT2D eigenvalue weighted by atomic mass is 32.1. The lowest BCUT2D eigenvalue weighted by Gasteiger charge is -2.39. The SMILES string of the molecule is COc1ccc2cc1Oc1cccc(c1)CO[C@H]1CCN(Cc3scnc3C)C[C@@H]1NC(=O)CN(CCCO)C2=O. The Balaban J connectivity index is 1.44. The number of thiazole rings is 1. The number of aryl methyl sites for hydroxylation is 1. The first-order valence-corrected chi connectivity index (χ1v) is 14.7. The zero-order valence-corrected chi connectivity index (χ0v) is 24.2. The van der Waals surface area contributed by atoms with Crippen molar-refractivity contribution in [1.82, 2.24) is 20.1 Å². The van der Waals surface area contributed by atoms with E-state index in [0.717, 1.165) is 30.8 Å². The fourth-order valence-corrected chi connectivity index (χ4v) is 6.02. The Hall–Kier alpha value is -3.51. The Bertz CT molecular complexity index is 1360. The van der Waals surface area contributed by atoms with Gasteiger partial charge in [-0.3, -0.25) is 14.5 Å². The van der Waals surface area contributed by atoms with E-state index in [9.17, 15) is 14.7 Å². The van der Waals surface area contributed by atoms with Crippen LogP contribution in [0.5, 0.6) is 17.2 Å². The van der Waals surface area contributed by atoms with E-state index in [1.165, 1.54) is 16.9 Å². The van der Waals surface area contributed by atoms with Crippen molar-refractivity contribution in [2.75, 3.05) is 39.9 Å². The first kappa shape index (κ1) is 29.0. The quantitative estimate of drug-likeness (QED) is 0.457. The minimum Gasteiger partial charge on any atom is -0.493 e. The third-order valence-electron chi connectivity index (χ3n) is 7.40. The molecule has 1 saturated heterocycles. The molecule has 2 aliphatic heterocycles. The molecule has 10 nitrogen and oxygen atoms in total. The number of rotatable bonds is 6. The van der Waals surface area contributed by atoms with Crippen molar-refractivity contribution < 1.29 is 28.9 Å². The Labute approximate surface area is 243 Å². The second kappa shape index (κ2) is 13.4. The van der Waals surface area contributed by atoms with Crippen molar-refractivity contribution in [3.63, 3.8) is 0 Å². The molecule has 0 spiro atoms. The van der Waals surface area contributed by atoms with Crippen molar-refractivity contribution in [2.24, 2.45) is 0 Å². The summed E-state index contributed by atoms with van der Waals surface area (Å²) in [7, 11) is 1.54. The molecule has 0 saturated carbocycles. The summed E-state index contributed by atoms with van der Waals surface area (Å²) >= 11 is 1.64. The van der Waals surface area contributed by atoms with Crippen LogP contribution < -0.4 is 14.8 Å². The number of methoxy groups -OCH3 is 1. The lowest BCUT2D eigenvalue weighted by atomic mass is 10.0. The van der Waals surface area contributed by atoms with Crippen molar-refractivity contribution in [2.45, 2.75) is 45.1 Å². The van der Waals surface area contributed by atoms with Crippen LogP contribution >= 0.6 is 11.3 Å². The van der Waals surface area contributed by atoms with Gasteiger partial charge in [-0.25, -0.2) is 4.98 Å². The fourth-order valence-electron chi connectivity index (χ4n) is 5.20. The summed E-state index contributed by atoms with van der Waals surface area (Å²) in [6, 6.07) is 12.3. The van der Waals surface area contributed by atoms with Crippen LogP contribution in [0.2, 0.25) is 0 Å². The standard InChI is InChI=1S/C30H36N4O6S/c1-20-28(41-19-31-20)16-33-11-9-25-24(15-33)32-29(36)17-34(10-4-12-35)30(37)22-7-8-26(38-2)27(14-22)40-23-6-3-5-21(13-23)18-39-25/h3,5-8,13-14,19,24-25,35H,4,9-12,15-18H2,1-2H3,(H,32,36)/t24-,25-/m0/s1. The lowest BCUT2D eigenvalue weighted by Crippen LogP contribution is -2.57.